The molecule has 0 aliphatic heterocycles. The third kappa shape index (κ3) is 2.76. The predicted octanol–water partition coefficient (Wildman–Crippen LogP) is 3.33. The van der Waals surface area contributed by atoms with Crippen LogP contribution >= 0.6 is 11.3 Å². The number of nitrogens with one attached hydrogen (secondary N) is 1. The lowest BCUT2D eigenvalue weighted by atomic mass is 10.1. The molecular formula is C14H14N2O2S. The Bertz CT molecular complexity index is 591. The van der Waals surface area contributed by atoms with E-state index in [1.54, 1.807) is 29.1 Å². The van der Waals surface area contributed by atoms with E-state index in [2.05, 4.69) is 10.3 Å². The topological polar surface area (TPSA) is 62.2 Å². The monoisotopic (exact) mass is 274 g/mol. The first kappa shape index (κ1) is 12.2. The Balaban J connectivity index is 1.83. The van der Waals surface area contributed by atoms with E-state index >= 15 is 0 Å². The second-order valence-electron chi connectivity index (χ2n) is 4.71. The summed E-state index contributed by atoms with van der Waals surface area (Å²) in [6, 6.07) is 5.60. The molecule has 0 saturated heterocycles. The van der Waals surface area contributed by atoms with Crippen LogP contribution in [0.5, 0.6) is 0 Å². The van der Waals surface area contributed by atoms with Crippen LogP contribution in [0.1, 0.15) is 39.6 Å². The molecule has 98 valence electrons. The molecule has 1 aromatic carbocycles. The van der Waals surface area contributed by atoms with Gasteiger partial charge in [-0.3, -0.25) is 4.98 Å². The first-order valence-electron chi connectivity index (χ1n) is 6.22. The quantitative estimate of drug-likeness (QED) is 0.878. The van der Waals surface area contributed by atoms with Gasteiger partial charge in [0, 0.05) is 16.8 Å². The summed E-state index contributed by atoms with van der Waals surface area (Å²) in [5.41, 5.74) is 4.03. The minimum Gasteiger partial charge on any atom is -0.478 e. The molecular weight excluding hydrogens is 260 g/mol. The molecule has 3 rings (SSSR count). The molecule has 5 heteroatoms. The van der Waals surface area contributed by atoms with Gasteiger partial charge in [-0.05, 0) is 36.5 Å². The number of thiazole rings is 1. The van der Waals surface area contributed by atoms with Crippen LogP contribution in [0.2, 0.25) is 0 Å². The van der Waals surface area contributed by atoms with Crippen molar-refractivity contribution >= 4 is 23.0 Å². The van der Waals surface area contributed by atoms with Crippen molar-refractivity contribution in [2.24, 2.45) is 0 Å². The van der Waals surface area contributed by atoms with Crippen molar-refractivity contribution in [2.45, 2.75) is 25.3 Å². The maximum atomic E-state index is 11.2. The zero-order valence-electron chi connectivity index (χ0n) is 10.3. The van der Waals surface area contributed by atoms with Crippen LogP contribution in [0.15, 0.2) is 29.9 Å². The van der Waals surface area contributed by atoms with Crippen LogP contribution in [0.3, 0.4) is 0 Å². The number of hydrogen-bond donors (Lipinski definition) is 2. The van der Waals surface area contributed by atoms with Gasteiger partial charge in [-0.2, -0.15) is 0 Å². The first-order valence-corrected chi connectivity index (χ1v) is 7.10. The molecule has 1 aliphatic carbocycles. The number of aromatic nitrogens is 1. The van der Waals surface area contributed by atoms with E-state index in [0.717, 1.165) is 4.88 Å². The second kappa shape index (κ2) is 5.01. The molecule has 2 N–H and O–H groups in total. The Morgan fingerprint density at radius 1 is 1.47 bits per heavy atom. The summed E-state index contributed by atoms with van der Waals surface area (Å²) >= 11 is 1.56. The lowest BCUT2D eigenvalue weighted by Gasteiger charge is -2.10. The van der Waals surface area contributed by atoms with Gasteiger partial charge in [-0.1, -0.05) is 6.07 Å². The van der Waals surface area contributed by atoms with Crippen LogP contribution < -0.4 is 5.32 Å². The SMILES string of the molecule is O=C(O)c1ccc(C2CC2)cc1NCc1cncs1. The van der Waals surface area contributed by atoms with Gasteiger partial charge in [0.25, 0.3) is 0 Å². The highest BCUT2D eigenvalue weighted by atomic mass is 32.1. The number of benzene rings is 1. The highest BCUT2D eigenvalue weighted by Crippen LogP contribution is 2.41. The largest absolute Gasteiger partial charge is 0.478 e. The number of nitrogens with zero attached hydrogens (tertiary/aromatic N) is 1. The lowest BCUT2D eigenvalue weighted by Crippen LogP contribution is -2.06. The Kier molecular flexibility index (Phi) is 3.21. The van der Waals surface area contributed by atoms with Crippen molar-refractivity contribution in [1.82, 2.24) is 4.98 Å². The zero-order chi connectivity index (χ0) is 13.2. The summed E-state index contributed by atoms with van der Waals surface area (Å²) in [5, 5.41) is 12.4. The minimum absolute atomic E-state index is 0.328. The fourth-order valence-electron chi connectivity index (χ4n) is 2.08. The molecule has 0 bridgehead atoms. The lowest BCUT2D eigenvalue weighted by molar-refractivity contribution is 0.0698. The van der Waals surface area contributed by atoms with Gasteiger partial charge in [-0.15, -0.1) is 11.3 Å². The summed E-state index contributed by atoms with van der Waals surface area (Å²) in [6.45, 7) is 0.610. The molecule has 1 aromatic heterocycles. The van der Waals surface area contributed by atoms with Crippen molar-refractivity contribution in [1.29, 1.82) is 0 Å². The van der Waals surface area contributed by atoms with Crippen molar-refractivity contribution < 1.29 is 9.90 Å². The summed E-state index contributed by atoms with van der Waals surface area (Å²) in [6.07, 6.45) is 4.21. The molecule has 1 fully saturated rings. The molecule has 4 nitrogen and oxygen atoms in total. The van der Waals surface area contributed by atoms with Gasteiger partial charge in [0.15, 0.2) is 0 Å². The summed E-state index contributed by atoms with van der Waals surface area (Å²) in [7, 11) is 0. The van der Waals surface area contributed by atoms with Crippen molar-refractivity contribution in [3.8, 4) is 0 Å². The number of anilines is 1. The maximum absolute atomic E-state index is 11.2. The van der Waals surface area contributed by atoms with Crippen molar-refractivity contribution in [2.75, 3.05) is 5.32 Å². The highest BCUT2D eigenvalue weighted by molar-refractivity contribution is 7.09. The van der Waals surface area contributed by atoms with E-state index in [1.807, 2.05) is 12.1 Å². The Morgan fingerprint density at radius 3 is 2.95 bits per heavy atom. The molecule has 1 heterocycles. The van der Waals surface area contributed by atoms with Crippen LogP contribution in [-0.2, 0) is 6.54 Å². The molecule has 1 saturated carbocycles. The van der Waals surface area contributed by atoms with Crippen LogP contribution in [0, 0.1) is 0 Å². The third-order valence-electron chi connectivity index (χ3n) is 3.26. The predicted molar refractivity (Wildman–Crippen MR) is 74.8 cm³/mol. The van der Waals surface area contributed by atoms with Gasteiger partial charge < -0.3 is 10.4 Å². The van der Waals surface area contributed by atoms with Gasteiger partial charge in [0.1, 0.15) is 0 Å². The van der Waals surface area contributed by atoms with Crippen LogP contribution in [0.25, 0.3) is 0 Å². The van der Waals surface area contributed by atoms with E-state index in [9.17, 15) is 9.90 Å². The van der Waals surface area contributed by atoms with E-state index in [1.165, 1.54) is 18.4 Å². The number of rotatable bonds is 5. The van der Waals surface area contributed by atoms with Gasteiger partial charge >= 0.3 is 5.97 Å². The number of hydrogen-bond acceptors (Lipinski definition) is 4. The fraction of sp³-hybridized carbons (Fsp3) is 0.286. The van der Waals surface area contributed by atoms with Gasteiger partial charge in [0.05, 0.1) is 17.6 Å². The van der Waals surface area contributed by atoms with E-state index in [4.69, 9.17) is 0 Å². The normalized spacial score (nSPS) is 14.3. The molecule has 1 aliphatic rings. The summed E-state index contributed by atoms with van der Waals surface area (Å²) in [4.78, 5) is 16.3. The van der Waals surface area contributed by atoms with E-state index < -0.39 is 5.97 Å². The molecule has 2 aromatic rings. The number of carbonyl (C=O) groups is 1. The summed E-state index contributed by atoms with van der Waals surface area (Å²) in [5.74, 6) is -0.277. The Labute approximate surface area is 115 Å². The highest BCUT2D eigenvalue weighted by Gasteiger charge is 2.24. The molecule has 0 unspecified atom stereocenters. The molecule has 0 amide bonds. The second-order valence-corrected chi connectivity index (χ2v) is 5.68. The Hall–Kier alpha value is -1.88. The molecule has 0 atom stereocenters. The van der Waals surface area contributed by atoms with E-state index in [0.29, 0.717) is 23.7 Å². The molecule has 19 heavy (non-hydrogen) atoms. The smallest absolute Gasteiger partial charge is 0.337 e. The molecule has 0 radical (unpaired) electrons. The van der Waals surface area contributed by atoms with Crippen molar-refractivity contribution in [3.63, 3.8) is 0 Å². The van der Waals surface area contributed by atoms with Gasteiger partial charge in [0.2, 0.25) is 0 Å². The standard InChI is InChI=1S/C14H14N2O2S/c17-14(18)12-4-3-10(9-1-2-9)5-13(12)16-7-11-6-15-8-19-11/h3-6,8-9,16H,1-2,7H2,(H,17,18). The Morgan fingerprint density at radius 2 is 2.32 bits per heavy atom. The van der Waals surface area contributed by atoms with Crippen LogP contribution in [0.4, 0.5) is 5.69 Å². The van der Waals surface area contributed by atoms with Crippen molar-refractivity contribution in [3.05, 3.63) is 45.9 Å². The third-order valence-corrected chi connectivity index (χ3v) is 4.04. The summed E-state index contributed by atoms with van der Waals surface area (Å²) < 4.78 is 0. The molecule has 0 spiro atoms. The maximum Gasteiger partial charge on any atom is 0.337 e. The first-order chi connectivity index (χ1) is 9.24. The fourth-order valence-corrected chi connectivity index (χ4v) is 2.61. The van der Waals surface area contributed by atoms with Gasteiger partial charge in [-0.25, -0.2) is 4.79 Å². The zero-order valence-corrected chi connectivity index (χ0v) is 11.1. The average molecular weight is 274 g/mol. The van der Waals surface area contributed by atoms with Crippen LogP contribution in [-0.4, -0.2) is 16.1 Å². The number of aromatic carboxylic acids is 1. The average Bonchev–Trinajstić information content (AvgIpc) is 3.13. The van der Waals surface area contributed by atoms with E-state index in [-0.39, 0.29) is 0 Å². The minimum atomic E-state index is -0.894. The number of carboxylic acid groups (broad SMARTS) is 1. The number of carboxylic acids is 1.